The molecule has 0 atom stereocenters. The van der Waals surface area contributed by atoms with E-state index in [4.69, 9.17) is 8.83 Å². The van der Waals surface area contributed by atoms with Crippen molar-refractivity contribution in [1.82, 2.24) is 0 Å². The lowest BCUT2D eigenvalue weighted by atomic mass is 9.99. The topological polar surface area (TPSA) is 85.1 Å². The molecule has 4 rings (SSSR count). The summed E-state index contributed by atoms with van der Waals surface area (Å²) in [6.45, 7) is 11.0. The number of benzene rings is 2. The van der Waals surface area contributed by atoms with Gasteiger partial charge in [0.15, 0.2) is 5.58 Å². The molecule has 2 heterocycles. The average Bonchev–Trinajstić information content (AvgIpc) is 2.74. The Bertz CT molecular complexity index is 1400. The normalized spacial score (nSPS) is 12.0. The molecule has 2 aromatic heterocycles. The number of nitrogens with one attached hydrogen (secondary N) is 1. The molecule has 0 saturated carbocycles. The van der Waals surface area contributed by atoms with E-state index in [1.807, 2.05) is 12.1 Å². The standard InChI is InChI=1S/C27H29NO5/c1-16(2)13-28(14-17(3)4)15-22-23(29)10-9-19-20(12-25(30)33-26(19)22)21-11-18-7-5-6-8-24(18)32-27(21)31/h5-12,16-17,29H,13-15H2,1-4H3/p+1. The van der Waals surface area contributed by atoms with Gasteiger partial charge >= 0.3 is 11.3 Å². The monoisotopic (exact) mass is 448 g/mol. The Kier molecular flexibility index (Phi) is 6.38. The second-order valence-electron chi connectivity index (χ2n) is 9.53. The van der Waals surface area contributed by atoms with E-state index in [0.29, 0.717) is 46.1 Å². The van der Waals surface area contributed by atoms with Crippen LogP contribution in [-0.4, -0.2) is 18.2 Å². The van der Waals surface area contributed by atoms with Crippen LogP contribution < -0.4 is 16.2 Å². The molecule has 0 saturated heterocycles. The molecule has 172 valence electrons. The van der Waals surface area contributed by atoms with Gasteiger partial charge in [0.05, 0.1) is 24.2 Å². The molecule has 0 aliphatic rings. The molecule has 0 unspecified atom stereocenters. The summed E-state index contributed by atoms with van der Waals surface area (Å²) in [6.07, 6.45) is 0. The highest BCUT2D eigenvalue weighted by Crippen LogP contribution is 2.32. The van der Waals surface area contributed by atoms with Crippen molar-refractivity contribution < 1.29 is 18.8 Å². The van der Waals surface area contributed by atoms with Crippen molar-refractivity contribution in [3.8, 4) is 16.9 Å². The maximum absolute atomic E-state index is 12.8. The molecule has 2 N–H and O–H groups in total. The molecule has 0 amide bonds. The van der Waals surface area contributed by atoms with E-state index in [1.165, 1.54) is 11.0 Å². The number of aromatic hydroxyl groups is 1. The van der Waals surface area contributed by atoms with Crippen molar-refractivity contribution in [2.75, 3.05) is 13.1 Å². The number of phenolic OH excluding ortho intramolecular Hbond substituents is 1. The first-order chi connectivity index (χ1) is 15.7. The summed E-state index contributed by atoms with van der Waals surface area (Å²) in [4.78, 5) is 26.7. The van der Waals surface area contributed by atoms with E-state index >= 15 is 0 Å². The quantitative estimate of drug-likeness (QED) is 0.418. The smallest absolute Gasteiger partial charge is 0.344 e. The van der Waals surface area contributed by atoms with Crippen LogP contribution in [0.2, 0.25) is 0 Å². The van der Waals surface area contributed by atoms with E-state index in [2.05, 4.69) is 27.7 Å². The summed E-state index contributed by atoms with van der Waals surface area (Å²) in [7, 11) is 0. The van der Waals surface area contributed by atoms with Gasteiger partial charge in [-0.25, -0.2) is 9.59 Å². The SMILES string of the molecule is CC(C)C[NH+](Cc1c(O)ccc2c(-c3cc4ccccc4oc3=O)cc(=O)oc12)CC(C)C. The van der Waals surface area contributed by atoms with Gasteiger partial charge in [0, 0.05) is 34.2 Å². The highest BCUT2D eigenvalue weighted by Gasteiger charge is 2.22. The number of hydrogen-bond acceptors (Lipinski definition) is 5. The second-order valence-corrected chi connectivity index (χ2v) is 9.53. The average molecular weight is 449 g/mol. The summed E-state index contributed by atoms with van der Waals surface area (Å²) in [6, 6.07) is 13.6. The van der Waals surface area contributed by atoms with Gasteiger partial charge in [-0.15, -0.1) is 0 Å². The summed E-state index contributed by atoms with van der Waals surface area (Å²) in [5.74, 6) is 1.03. The first-order valence-electron chi connectivity index (χ1n) is 11.4. The zero-order chi connectivity index (χ0) is 23.7. The van der Waals surface area contributed by atoms with Gasteiger partial charge in [0.2, 0.25) is 0 Å². The van der Waals surface area contributed by atoms with Crippen molar-refractivity contribution in [2.24, 2.45) is 11.8 Å². The highest BCUT2D eigenvalue weighted by atomic mass is 16.4. The van der Waals surface area contributed by atoms with Crippen LogP contribution in [0.25, 0.3) is 33.1 Å². The Labute approximate surface area is 192 Å². The van der Waals surface area contributed by atoms with Crippen LogP contribution >= 0.6 is 0 Å². The maximum atomic E-state index is 12.8. The largest absolute Gasteiger partial charge is 0.507 e. The number of fused-ring (bicyclic) bond motifs is 2. The Balaban J connectivity index is 1.91. The third-order valence-electron chi connectivity index (χ3n) is 5.74. The van der Waals surface area contributed by atoms with Gasteiger partial charge in [-0.2, -0.15) is 0 Å². The minimum Gasteiger partial charge on any atom is -0.507 e. The number of hydrogen-bond donors (Lipinski definition) is 2. The number of para-hydroxylation sites is 1. The molecule has 0 radical (unpaired) electrons. The van der Waals surface area contributed by atoms with E-state index in [0.717, 1.165) is 18.5 Å². The van der Waals surface area contributed by atoms with E-state index in [1.54, 1.807) is 30.3 Å². The molecule has 6 heteroatoms. The lowest BCUT2D eigenvalue weighted by Gasteiger charge is -2.24. The Morgan fingerprint density at radius 2 is 1.58 bits per heavy atom. The van der Waals surface area contributed by atoms with Gasteiger partial charge in [-0.05, 0) is 24.3 Å². The highest BCUT2D eigenvalue weighted by molar-refractivity contribution is 5.96. The third kappa shape index (κ3) is 4.86. The second kappa shape index (κ2) is 9.24. The fourth-order valence-electron chi connectivity index (χ4n) is 4.55. The Morgan fingerprint density at radius 1 is 0.879 bits per heavy atom. The van der Waals surface area contributed by atoms with E-state index in [9.17, 15) is 14.7 Å². The molecular weight excluding hydrogens is 418 g/mol. The molecule has 0 spiro atoms. The number of quaternary nitrogens is 1. The number of phenols is 1. The van der Waals surface area contributed by atoms with Gasteiger partial charge < -0.3 is 18.8 Å². The van der Waals surface area contributed by atoms with Crippen molar-refractivity contribution in [3.05, 3.63) is 74.9 Å². The summed E-state index contributed by atoms with van der Waals surface area (Å²) in [5.41, 5.74) is 1.00. The van der Waals surface area contributed by atoms with Crippen LogP contribution in [0, 0.1) is 11.8 Å². The molecule has 2 aromatic carbocycles. The molecule has 0 bridgehead atoms. The minimum absolute atomic E-state index is 0.0818. The molecule has 6 nitrogen and oxygen atoms in total. The zero-order valence-electron chi connectivity index (χ0n) is 19.5. The van der Waals surface area contributed by atoms with Crippen LogP contribution in [0.4, 0.5) is 0 Å². The fourth-order valence-corrected chi connectivity index (χ4v) is 4.55. The van der Waals surface area contributed by atoms with Gasteiger partial charge in [0.1, 0.15) is 17.9 Å². The van der Waals surface area contributed by atoms with Crippen molar-refractivity contribution in [3.63, 3.8) is 0 Å². The third-order valence-corrected chi connectivity index (χ3v) is 5.74. The minimum atomic E-state index is -0.578. The van der Waals surface area contributed by atoms with Crippen molar-refractivity contribution in [1.29, 1.82) is 0 Å². The lowest BCUT2D eigenvalue weighted by molar-refractivity contribution is -0.919. The summed E-state index contributed by atoms with van der Waals surface area (Å²) < 4.78 is 11.1. The molecule has 0 aliphatic heterocycles. The summed E-state index contributed by atoms with van der Waals surface area (Å²) in [5, 5.41) is 12.1. The fraction of sp³-hybridized carbons (Fsp3) is 0.333. The van der Waals surface area contributed by atoms with Crippen LogP contribution in [0.15, 0.2) is 67.0 Å². The first kappa shape index (κ1) is 22.8. The molecule has 0 aliphatic carbocycles. The van der Waals surface area contributed by atoms with Crippen LogP contribution in [0.1, 0.15) is 33.3 Å². The van der Waals surface area contributed by atoms with E-state index < -0.39 is 11.3 Å². The van der Waals surface area contributed by atoms with Gasteiger partial charge in [-0.1, -0.05) is 45.9 Å². The predicted octanol–water partition coefficient (Wildman–Crippen LogP) is 3.97. The number of rotatable bonds is 7. The zero-order valence-corrected chi connectivity index (χ0v) is 19.5. The molecule has 0 fully saturated rings. The molecule has 4 aromatic rings. The summed E-state index contributed by atoms with van der Waals surface area (Å²) >= 11 is 0. The van der Waals surface area contributed by atoms with Gasteiger partial charge in [0.25, 0.3) is 0 Å². The first-order valence-corrected chi connectivity index (χ1v) is 11.4. The predicted molar refractivity (Wildman–Crippen MR) is 130 cm³/mol. The molecule has 33 heavy (non-hydrogen) atoms. The van der Waals surface area contributed by atoms with Crippen molar-refractivity contribution >= 4 is 21.9 Å². The van der Waals surface area contributed by atoms with E-state index in [-0.39, 0.29) is 11.3 Å². The Hall–Kier alpha value is -3.38. The van der Waals surface area contributed by atoms with Crippen LogP contribution in [0.5, 0.6) is 5.75 Å². The van der Waals surface area contributed by atoms with Gasteiger partial charge in [-0.3, -0.25) is 0 Å². The van der Waals surface area contributed by atoms with Crippen molar-refractivity contribution in [2.45, 2.75) is 34.2 Å². The molecular formula is C27H30NO5+. The maximum Gasteiger partial charge on any atom is 0.344 e. The Morgan fingerprint density at radius 3 is 2.27 bits per heavy atom. The lowest BCUT2D eigenvalue weighted by Crippen LogP contribution is -3.11. The van der Waals surface area contributed by atoms with Crippen LogP contribution in [0.3, 0.4) is 0 Å². The van der Waals surface area contributed by atoms with Crippen LogP contribution in [-0.2, 0) is 6.54 Å².